The lowest BCUT2D eigenvalue weighted by atomic mass is 10.0. The van der Waals surface area contributed by atoms with Crippen LogP contribution in [0, 0.1) is 0 Å². The van der Waals surface area contributed by atoms with E-state index in [0.717, 1.165) is 39.2 Å². The fourth-order valence-electron chi connectivity index (χ4n) is 2.77. The molecule has 0 aliphatic rings. The van der Waals surface area contributed by atoms with Crippen LogP contribution in [0.1, 0.15) is 18.9 Å². The van der Waals surface area contributed by atoms with Crippen molar-refractivity contribution in [3.05, 3.63) is 66.2 Å². The molecule has 0 fully saturated rings. The molecule has 6 heteroatoms. The number of hydrogen-bond acceptors (Lipinski definition) is 5. The number of benzene rings is 3. The summed E-state index contributed by atoms with van der Waals surface area (Å²) < 4.78 is 11.0. The van der Waals surface area contributed by atoms with Crippen molar-refractivity contribution < 1.29 is 14.3 Å². The number of rotatable bonds is 9. The van der Waals surface area contributed by atoms with Crippen LogP contribution in [0.15, 0.2) is 70.7 Å². The quantitative estimate of drug-likeness (QED) is 0.311. The van der Waals surface area contributed by atoms with Gasteiger partial charge in [-0.3, -0.25) is 4.79 Å². The van der Waals surface area contributed by atoms with E-state index in [4.69, 9.17) is 9.47 Å². The molecular weight excluding hydrogens is 384 g/mol. The fraction of sp³-hybridized carbons (Fsp3) is 0.217. The number of carbonyl (C=O) groups is 1. The largest absolute Gasteiger partial charge is 0.497 e. The number of amides is 1. The molecule has 0 aliphatic carbocycles. The normalized spacial score (nSPS) is 11.0. The highest BCUT2D eigenvalue weighted by Crippen LogP contribution is 2.27. The first-order chi connectivity index (χ1) is 14.2. The molecule has 1 N–H and O–H groups in total. The van der Waals surface area contributed by atoms with Crippen LogP contribution in [0.3, 0.4) is 0 Å². The smallest absolute Gasteiger partial charge is 0.250 e. The summed E-state index contributed by atoms with van der Waals surface area (Å²) >= 11 is 1.44. The van der Waals surface area contributed by atoms with E-state index in [1.165, 1.54) is 11.8 Å². The van der Waals surface area contributed by atoms with Gasteiger partial charge in [0.25, 0.3) is 0 Å². The van der Waals surface area contributed by atoms with Gasteiger partial charge >= 0.3 is 0 Å². The maximum Gasteiger partial charge on any atom is 0.250 e. The van der Waals surface area contributed by atoms with Gasteiger partial charge in [0.2, 0.25) is 5.91 Å². The third-order valence-corrected chi connectivity index (χ3v) is 5.22. The predicted octanol–water partition coefficient (Wildman–Crippen LogP) is 4.88. The number of nitrogens with zero attached hydrogens (tertiary/aromatic N) is 1. The minimum Gasteiger partial charge on any atom is -0.497 e. The summed E-state index contributed by atoms with van der Waals surface area (Å²) in [6.07, 6.45) is 2.58. The van der Waals surface area contributed by atoms with Crippen LogP contribution in [-0.4, -0.2) is 31.6 Å². The second kappa shape index (κ2) is 10.5. The van der Waals surface area contributed by atoms with Gasteiger partial charge in [0, 0.05) is 10.5 Å². The van der Waals surface area contributed by atoms with Crippen LogP contribution >= 0.6 is 11.8 Å². The van der Waals surface area contributed by atoms with Gasteiger partial charge in [-0.25, -0.2) is 5.43 Å². The van der Waals surface area contributed by atoms with Crippen molar-refractivity contribution in [3.63, 3.8) is 0 Å². The third-order valence-electron chi connectivity index (χ3n) is 4.20. The molecule has 29 heavy (non-hydrogen) atoms. The molecule has 0 aromatic heterocycles. The van der Waals surface area contributed by atoms with Gasteiger partial charge in [0.05, 0.1) is 25.7 Å². The molecule has 0 saturated carbocycles. The Balaban J connectivity index is 1.65. The Hall–Kier alpha value is -2.99. The zero-order chi connectivity index (χ0) is 20.5. The van der Waals surface area contributed by atoms with Crippen LogP contribution in [0.2, 0.25) is 0 Å². The van der Waals surface area contributed by atoms with Gasteiger partial charge in [-0.1, -0.05) is 37.3 Å². The number of nitrogens with one attached hydrogen (secondary N) is 1. The first kappa shape index (κ1) is 20.7. The van der Waals surface area contributed by atoms with Gasteiger partial charge in [0.1, 0.15) is 11.5 Å². The summed E-state index contributed by atoms with van der Waals surface area (Å²) in [6, 6.07) is 19.6. The van der Waals surface area contributed by atoms with Crippen LogP contribution in [0.25, 0.3) is 10.8 Å². The number of ether oxygens (including phenoxy) is 2. The van der Waals surface area contributed by atoms with Crippen LogP contribution in [0.5, 0.6) is 11.5 Å². The molecule has 3 aromatic carbocycles. The number of carbonyl (C=O) groups excluding carboxylic acids is 1. The van der Waals surface area contributed by atoms with E-state index in [2.05, 4.69) is 17.5 Å². The Labute approximate surface area is 175 Å². The Morgan fingerprint density at radius 3 is 2.66 bits per heavy atom. The summed E-state index contributed by atoms with van der Waals surface area (Å²) in [4.78, 5) is 13.1. The molecule has 0 spiro atoms. The summed E-state index contributed by atoms with van der Waals surface area (Å²) in [7, 11) is 1.63. The second-order valence-electron chi connectivity index (χ2n) is 6.30. The molecule has 150 valence electrons. The fourth-order valence-corrected chi connectivity index (χ4v) is 3.46. The van der Waals surface area contributed by atoms with Crippen molar-refractivity contribution in [1.82, 2.24) is 5.43 Å². The van der Waals surface area contributed by atoms with Crippen molar-refractivity contribution in [2.45, 2.75) is 18.2 Å². The molecule has 0 heterocycles. The highest BCUT2D eigenvalue weighted by atomic mass is 32.2. The number of fused-ring (bicyclic) bond motifs is 1. The first-order valence-corrected chi connectivity index (χ1v) is 10.4. The molecule has 5 nitrogen and oxygen atoms in total. The van der Waals surface area contributed by atoms with Crippen LogP contribution in [-0.2, 0) is 4.79 Å². The van der Waals surface area contributed by atoms with E-state index in [1.807, 2.05) is 60.7 Å². The summed E-state index contributed by atoms with van der Waals surface area (Å²) in [5.74, 6) is 1.66. The summed E-state index contributed by atoms with van der Waals surface area (Å²) in [5.41, 5.74) is 3.46. The van der Waals surface area contributed by atoms with Gasteiger partial charge in [-0.05, 0) is 47.5 Å². The average Bonchev–Trinajstić information content (AvgIpc) is 2.77. The SMILES string of the molecule is CCCOc1ccc2ccccc2c1/C=N/NC(=O)CSc1ccc(OC)cc1. The molecule has 0 unspecified atom stereocenters. The first-order valence-electron chi connectivity index (χ1n) is 9.44. The maximum absolute atomic E-state index is 12.1. The van der Waals surface area contributed by atoms with E-state index >= 15 is 0 Å². The number of methoxy groups -OCH3 is 1. The zero-order valence-electron chi connectivity index (χ0n) is 16.6. The standard InChI is InChI=1S/C23H24N2O3S/c1-3-14-28-22-13-8-17-6-4-5-7-20(17)21(22)15-24-25-23(26)16-29-19-11-9-18(27-2)10-12-19/h4-13,15H,3,14,16H2,1-2H3,(H,25,26)/b24-15+. The number of hydrazone groups is 1. The van der Waals surface area contributed by atoms with E-state index in [0.29, 0.717) is 6.61 Å². The van der Waals surface area contributed by atoms with Gasteiger partial charge in [0.15, 0.2) is 0 Å². The molecular formula is C23H24N2O3S. The van der Waals surface area contributed by atoms with Crippen molar-refractivity contribution in [2.24, 2.45) is 5.10 Å². The minimum atomic E-state index is -0.168. The molecule has 0 saturated heterocycles. The van der Waals surface area contributed by atoms with Crippen LogP contribution in [0.4, 0.5) is 0 Å². The number of hydrogen-bond donors (Lipinski definition) is 1. The van der Waals surface area contributed by atoms with Crippen molar-refractivity contribution in [2.75, 3.05) is 19.5 Å². The van der Waals surface area contributed by atoms with Gasteiger partial charge in [-0.15, -0.1) is 11.8 Å². The van der Waals surface area contributed by atoms with Crippen molar-refractivity contribution in [3.8, 4) is 11.5 Å². The maximum atomic E-state index is 12.1. The van der Waals surface area contributed by atoms with Crippen molar-refractivity contribution >= 4 is 34.7 Å². The van der Waals surface area contributed by atoms with Crippen molar-refractivity contribution in [1.29, 1.82) is 0 Å². The Kier molecular flexibility index (Phi) is 7.53. The molecule has 3 rings (SSSR count). The highest BCUT2D eigenvalue weighted by molar-refractivity contribution is 8.00. The molecule has 0 radical (unpaired) electrons. The van der Waals surface area contributed by atoms with E-state index < -0.39 is 0 Å². The Bertz CT molecular complexity index is 987. The molecule has 0 bridgehead atoms. The van der Waals surface area contributed by atoms with Gasteiger partial charge < -0.3 is 9.47 Å². The lowest BCUT2D eigenvalue weighted by Crippen LogP contribution is -2.19. The Morgan fingerprint density at radius 2 is 1.90 bits per heavy atom. The van der Waals surface area contributed by atoms with E-state index in [1.54, 1.807) is 13.3 Å². The average molecular weight is 409 g/mol. The summed E-state index contributed by atoms with van der Waals surface area (Å²) in [5, 5.41) is 6.29. The molecule has 3 aromatic rings. The minimum absolute atomic E-state index is 0.168. The van der Waals surface area contributed by atoms with E-state index in [9.17, 15) is 4.79 Å². The third kappa shape index (κ3) is 5.74. The zero-order valence-corrected chi connectivity index (χ0v) is 17.4. The lowest BCUT2D eigenvalue weighted by molar-refractivity contribution is -0.118. The van der Waals surface area contributed by atoms with E-state index in [-0.39, 0.29) is 11.7 Å². The molecule has 0 aliphatic heterocycles. The predicted molar refractivity (Wildman–Crippen MR) is 119 cm³/mol. The molecule has 1 amide bonds. The topological polar surface area (TPSA) is 59.9 Å². The van der Waals surface area contributed by atoms with Crippen LogP contribution < -0.4 is 14.9 Å². The summed E-state index contributed by atoms with van der Waals surface area (Å²) in [6.45, 7) is 2.69. The second-order valence-corrected chi connectivity index (χ2v) is 7.35. The monoisotopic (exact) mass is 408 g/mol. The Morgan fingerprint density at radius 1 is 1.10 bits per heavy atom. The lowest BCUT2D eigenvalue weighted by Gasteiger charge is -2.11. The number of thioether (sulfide) groups is 1. The van der Waals surface area contributed by atoms with Gasteiger partial charge in [-0.2, -0.15) is 5.10 Å². The highest BCUT2D eigenvalue weighted by Gasteiger charge is 2.08. The molecule has 0 atom stereocenters.